The maximum Gasteiger partial charge on any atom is 0.343 e. The van der Waals surface area contributed by atoms with Crippen LogP contribution in [0.5, 0.6) is 0 Å². The quantitative estimate of drug-likeness (QED) is 0.314. The Labute approximate surface area is 171 Å². The third-order valence-electron chi connectivity index (χ3n) is 9.00. The Bertz CT molecular complexity index is 925. The molecule has 3 N–H and O–H groups in total. The number of hydrogen-bond acceptors (Lipinski definition) is 10. The first kappa shape index (κ1) is 19.0. The van der Waals surface area contributed by atoms with Crippen molar-refractivity contribution in [2.45, 2.75) is 76.0 Å². The van der Waals surface area contributed by atoms with E-state index in [9.17, 15) is 29.7 Å². The van der Waals surface area contributed by atoms with Crippen LogP contribution < -0.4 is 0 Å². The monoisotopic (exact) mass is 424 g/mol. The van der Waals surface area contributed by atoms with Crippen LogP contribution in [0.15, 0.2) is 0 Å². The van der Waals surface area contributed by atoms with Crippen LogP contribution in [-0.4, -0.2) is 75.1 Å². The van der Waals surface area contributed by atoms with Gasteiger partial charge in [-0.1, -0.05) is 20.8 Å². The van der Waals surface area contributed by atoms with Crippen molar-refractivity contribution in [2.24, 2.45) is 28.1 Å². The minimum Gasteiger partial charge on any atom is -0.459 e. The Balaban J connectivity index is 1.72. The highest BCUT2D eigenvalue weighted by Gasteiger charge is 3.03. The maximum absolute atomic E-state index is 13.4. The Hall–Kier alpha value is -1.75. The van der Waals surface area contributed by atoms with Crippen molar-refractivity contribution in [3.05, 3.63) is 0 Å². The molecule has 2 saturated carbocycles. The lowest BCUT2D eigenvalue weighted by Gasteiger charge is -2.47. The number of carbonyl (C=O) groups excluding carboxylic acids is 3. The zero-order chi connectivity index (χ0) is 21.8. The molecule has 4 saturated heterocycles. The Morgan fingerprint density at radius 2 is 1.70 bits per heavy atom. The van der Waals surface area contributed by atoms with E-state index in [1.807, 2.05) is 20.8 Å². The van der Waals surface area contributed by atoms with Crippen LogP contribution in [0.1, 0.15) is 34.1 Å². The zero-order valence-electron chi connectivity index (χ0n) is 16.9. The van der Waals surface area contributed by atoms with Crippen molar-refractivity contribution in [3.8, 4) is 0 Å². The largest absolute Gasteiger partial charge is 0.459 e. The van der Waals surface area contributed by atoms with E-state index in [2.05, 4.69) is 0 Å². The minimum atomic E-state index is -2.24. The molecule has 11 atom stereocenters. The molecule has 0 aromatic carbocycles. The molecule has 0 radical (unpaired) electrons. The summed E-state index contributed by atoms with van der Waals surface area (Å²) in [5, 5.41) is 34.7. The molecule has 6 aliphatic rings. The summed E-state index contributed by atoms with van der Waals surface area (Å²) in [6, 6.07) is 0. The number of rotatable bonds is 0. The van der Waals surface area contributed by atoms with Crippen molar-refractivity contribution in [3.63, 3.8) is 0 Å². The fourth-order valence-electron chi connectivity index (χ4n) is 8.12. The van der Waals surface area contributed by atoms with Gasteiger partial charge in [-0.3, -0.25) is 4.79 Å². The first-order chi connectivity index (χ1) is 13.8. The summed E-state index contributed by atoms with van der Waals surface area (Å²) in [5.41, 5.74) is -8.26. The van der Waals surface area contributed by atoms with Gasteiger partial charge in [-0.25, -0.2) is 9.59 Å². The summed E-state index contributed by atoms with van der Waals surface area (Å²) >= 11 is 0. The first-order valence-corrected chi connectivity index (χ1v) is 10.2. The van der Waals surface area contributed by atoms with Gasteiger partial charge < -0.3 is 34.3 Å². The van der Waals surface area contributed by atoms with Gasteiger partial charge in [0, 0.05) is 0 Å². The van der Waals surface area contributed by atoms with Crippen LogP contribution in [0.4, 0.5) is 0 Å². The normalized spacial score (nSPS) is 60.1. The number of aliphatic hydroxyl groups excluding tert-OH is 2. The summed E-state index contributed by atoms with van der Waals surface area (Å²) < 4.78 is 22.5. The average molecular weight is 424 g/mol. The number of esters is 3. The second-order valence-electron chi connectivity index (χ2n) is 10.7. The van der Waals surface area contributed by atoms with Gasteiger partial charge in [0.25, 0.3) is 0 Å². The smallest absolute Gasteiger partial charge is 0.343 e. The highest BCUT2D eigenvalue weighted by molar-refractivity contribution is 5.94. The zero-order valence-corrected chi connectivity index (χ0v) is 16.9. The molecule has 10 nitrogen and oxygen atoms in total. The molecule has 6 rings (SSSR count). The molecule has 2 aliphatic carbocycles. The topological polar surface area (TPSA) is 149 Å². The van der Waals surface area contributed by atoms with Crippen molar-refractivity contribution in [1.82, 2.24) is 0 Å². The molecule has 2 spiro atoms. The van der Waals surface area contributed by atoms with Crippen molar-refractivity contribution >= 4 is 17.9 Å². The fraction of sp³-hybridized carbons (Fsp3) is 0.850. The second-order valence-corrected chi connectivity index (χ2v) is 10.7. The Morgan fingerprint density at radius 1 is 1.03 bits per heavy atom. The van der Waals surface area contributed by atoms with Gasteiger partial charge in [0.15, 0.2) is 17.8 Å². The summed E-state index contributed by atoms with van der Waals surface area (Å²) in [4.78, 5) is 38.2. The van der Waals surface area contributed by atoms with Gasteiger partial charge in [0.1, 0.15) is 12.2 Å². The van der Waals surface area contributed by atoms with Gasteiger partial charge in [-0.2, -0.15) is 0 Å². The van der Waals surface area contributed by atoms with Crippen LogP contribution in [0.2, 0.25) is 0 Å². The van der Waals surface area contributed by atoms with Crippen LogP contribution in [0.25, 0.3) is 0 Å². The Kier molecular flexibility index (Phi) is 2.97. The molecule has 0 unspecified atom stereocenters. The van der Waals surface area contributed by atoms with Gasteiger partial charge >= 0.3 is 17.9 Å². The van der Waals surface area contributed by atoms with Gasteiger partial charge in [-0.15, -0.1) is 0 Å². The van der Waals surface area contributed by atoms with Crippen LogP contribution >= 0.6 is 0 Å². The van der Waals surface area contributed by atoms with E-state index in [-0.39, 0.29) is 6.42 Å². The first-order valence-electron chi connectivity index (χ1n) is 10.2. The minimum absolute atomic E-state index is 0.229. The molecule has 0 bridgehead atoms. The predicted molar refractivity (Wildman–Crippen MR) is 92.0 cm³/mol. The molecule has 6 fully saturated rings. The van der Waals surface area contributed by atoms with Gasteiger partial charge in [-0.05, 0) is 24.7 Å². The second kappa shape index (κ2) is 4.69. The molecule has 0 amide bonds. The van der Waals surface area contributed by atoms with Gasteiger partial charge in [0.2, 0.25) is 11.9 Å². The predicted octanol–water partition coefficient (Wildman–Crippen LogP) is -1.37. The maximum atomic E-state index is 13.4. The van der Waals surface area contributed by atoms with Crippen LogP contribution in [-0.2, 0) is 33.3 Å². The highest BCUT2D eigenvalue weighted by Crippen LogP contribution is 2.84. The van der Waals surface area contributed by atoms with E-state index in [1.165, 1.54) is 6.92 Å². The summed E-state index contributed by atoms with van der Waals surface area (Å²) in [6.07, 6.45) is -6.91. The van der Waals surface area contributed by atoms with Crippen molar-refractivity contribution in [2.75, 3.05) is 0 Å². The molecule has 4 heterocycles. The summed E-state index contributed by atoms with van der Waals surface area (Å²) in [5.74, 6) is -4.32. The fourth-order valence-corrected chi connectivity index (χ4v) is 8.12. The average Bonchev–Trinajstić information content (AvgIpc) is 3.35. The molecule has 0 aromatic rings. The third kappa shape index (κ3) is 1.33. The lowest BCUT2D eigenvalue weighted by molar-refractivity contribution is -0.239. The lowest BCUT2D eigenvalue weighted by atomic mass is 9.51. The van der Waals surface area contributed by atoms with E-state index >= 15 is 0 Å². The standard InChI is InChI=1S/C20H24O10/c1-6-12(23)28-11-9(21)18-8-5-7(16(2,3)4)17(18)10(22)13(24)29-15(17)30-20(18,14(25)27-8)19(6,11)26/h6-11,15,21-22,26H,5H2,1-4H3/t6-,7+,8-,9+,10-,11+,15+,17+,18-,19-,20-/m1/s1. The van der Waals surface area contributed by atoms with E-state index in [0.29, 0.717) is 0 Å². The molecule has 0 aromatic heterocycles. The highest BCUT2D eigenvalue weighted by atomic mass is 16.8. The van der Waals surface area contributed by atoms with Crippen molar-refractivity contribution < 1.29 is 48.7 Å². The molecule has 30 heavy (non-hydrogen) atoms. The Morgan fingerprint density at radius 3 is 2.33 bits per heavy atom. The number of aliphatic hydroxyl groups is 3. The number of carbonyl (C=O) groups is 3. The third-order valence-corrected chi connectivity index (χ3v) is 9.00. The molecule has 10 heteroatoms. The SMILES string of the molecule is C[C@@H]1C(=O)O[C@H]2[C@H](O)[C@]34[C@H]5C[C@@H](C(C)(C)C)[C@]36[C@@H](OC(=O)[C@H]6O)O[C@@]4(C(=O)O5)[C@@]12O. The van der Waals surface area contributed by atoms with E-state index in [4.69, 9.17) is 18.9 Å². The molecule has 4 aliphatic heterocycles. The summed E-state index contributed by atoms with van der Waals surface area (Å²) in [7, 11) is 0. The lowest BCUT2D eigenvalue weighted by Crippen LogP contribution is -2.67. The summed E-state index contributed by atoms with van der Waals surface area (Å²) in [6.45, 7) is 7.14. The van der Waals surface area contributed by atoms with Crippen molar-refractivity contribution in [1.29, 1.82) is 0 Å². The van der Waals surface area contributed by atoms with E-state index in [0.717, 1.165) is 0 Å². The molecular weight excluding hydrogens is 400 g/mol. The van der Waals surface area contributed by atoms with Crippen LogP contribution in [0, 0.1) is 28.1 Å². The number of ether oxygens (including phenoxy) is 4. The van der Waals surface area contributed by atoms with E-state index < -0.39 is 87.9 Å². The molecular formula is C20H24O10. The number of hydrogen-bond donors (Lipinski definition) is 3. The van der Waals surface area contributed by atoms with Crippen LogP contribution in [0.3, 0.4) is 0 Å². The van der Waals surface area contributed by atoms with Gasteiger partial charge in [0.05, 0.1) is 16.7 Å². The van der Waals surface area contributed by atoms with E-state index in [1.54, 1.807) is 0 Å². The molecule has 164 valence electrons. The number of fused-ring (bicyclic) bond motifs is 1.